The van der Waals surface area contributed by atoms with Gasteiger partial charge in [0.25, 0.3) is 0 Å². The first-order valence-electron chi connectivity index (χ1n) is 5.60. The van der Waals surface area contributed by atoms with Gasteiger partial charge in [-0.25, -0.2) is 4.79 Å². The van der Waals surface area contributed by atoms with Crippen LogP contribution >= 0.6 is 11.6 Å². The highest BCUT2D eigenvalue weighted by Gasteiger charge is 2.15. The smallest absolute Gasteiger partial charge is 0.321 e. The Morgan fingerprint density at radius 2 is 2.05 bits per heavy atom. The molecule has 1 aromatic carbocycles. The second kappa shape index (κ2) is 6.84. The Morgan fingerprint density at radius 3 is 2.58 bits per heavy atom. The van der Waals surface area contributed by atoms with Crippen LogP contribution in [0.2, 0.25) is 5.02 Å². The lowest BCUT2D eigenvalue weighted by Gasteiger charge is -2.15. The van der Waals surface area contributed by atoms with E-state index in [0.717, 1.165) is 0 Å². The molecule has 1 atom stereocenters. The van der Waals surface area contributed by atoms with Crippen LogP contribution in [0.1, 0.15) is 6.92 Å². The molecule has 0 heterocycles. The van der Waals surface area contributed by atoms with Crippen molar-refractivity contribution in [2.24, 2.45) is 0 Å². The lowest BCUT2D eigenvalue weighted by molar-refractivity contribution is -0.120. The second-order valence-electron chi connectivity index (χ2n) is 3.78. The number of benzene rings is 1. The molecule has 0 saturated heterocycles. The maximum Gasteiger partial charge on any atom is 0.321 e. The van der Waals surface area contributed by atoms with Crippen molar-refractivity contribution in [1.82, 2.24) is 10.6 Å². The third kappa shape index (κ3) is 4.33. The molecule has 0 fully saturated rings. The van der Waals surface area contributed by atoms with E-state index in [0.29, 0.717) is 16.5 Å². The van der Waals surface area contributed by atoms with Gasteiger partial charge in [0.15, 0.2) is 0 Å². The molecule has 0 spiro atoms. The lowest BCUT2D eigenvalue weighted by atomic mass is 10.2. The van der Waals surface area contributed by atoms with Crippen molar-refractivity contribution in [3.8, 4) is 5.75 Å². The first-order valence-corrected chi connectivity index (χ1v) is 5.98. The van der Waals surface area contributed by atoms with Gasteiger partial charge in [-0.1, -0.05) is 11.6 Å². The van der Waals surface area contributed by atoms with Gasteiger partial charge >= 0.3 is 6.03 Å². The summed E-state index contributed by atoms with van der Waals surface area (Å²) >= 11 is 5.97. The molecule has 0 aliphatic rings. The van der Waals surface area contributed by atoms with Crippen molar-refractivity contribution >= 4 is 29.2 Å². The Kier molecular flexibility index (Phi) is 5.44. The van der Waals surface area contributed by atoms with E-state index in [1.54, 1.807) is 25.1 Å². The monoisotopic (exact) mass is 285 g/mol. The average Bonchev–Trinajstić information content (AvgIpc) is 2.38. The Labute approximate surface area is 116 Å². The van der Waals surface area contributed by atoms with E-state index < -0.39 is 18.0 Å². The number of nitrogens with one attached hydrogen (secondary N) is 3. The highest BCUT2D eigenvalue weighted by atomic mass is 35.5. The summed E-state index contributed by atoms with van der Waals surface area (Å²) in [7, 11) is 2.96. The lowest BCUT2D eigenvalue weighted by Crippen LogP contribution is -2.44. The molecular weight excluding hydrogens is 270 g/mol. The van der Waals surface area contributed by atoms with Crippen LogP contribution in [0.4, 0.5) is 10.5 Å². The summed E-state index contributed by atoms with van der Waals surface area (Å²) in [5.74, 6) is 0.112. The molecule has 7 heteroatoms. The molecule has 1 rings (SSSR count). The SMILES string of the molecule is CNC(=O)NC(=O)C(C)Nc1ccc(OC)c(Cl)c1. The highest BCUT2D eigenvalue weighted by molar-refractivity contribution is 6.32. The number of anilines is 1. The van der Waals surface area contributed by atoms with Gasteiger partial charge in [0.05, 0.1) is 12.1 Å². The van der Waals surface area contributed by atoms with E-state index in [1.165, 1.54) is 14.2 Å². The van der Waals surface area contributed by atoms with Crippen LogP contribution < -0.4 is 20.7 Å². The predicted molar refractivity (Wildman–Crippen MR) is 73.7 cm³/mol. The zero-order chi connectivity index (χ0) is 14.4. The minimum absolute atomic E-state index is 0.436. The number of halogens is 1. The van der Waals surface area contributed by atoms with E-state index >= 15 is 0 Å². The number of hydrogen-bond donors (Lipinski definition) is 3. The molecule has 19 heavy (non-hydrogen) atoms. The Balaban J connectivity index is 2.66. The van der Waals surface area contributed by atoms with Crippen LogP contribution in [-0.2, 0) is 4.79 Å². The molecule has 0 bridgehead atoms. The van der Waals surface area contributed by atoms with E-state index in [4.69, 9.17) is 16.3 Å². The Morgan fingerprint density at radius 1 is 1.37 bits per heavy atom. The summed E-state index contributed by atoms with van der Waals surface area (Å²) in [6.07, 6.45) is 0. The van der Waals surface area contributed by atoms with Gasteiger partial charge in [0, 0.05) is 12.7 Å². The Bertz CT molecular complexity index is 479. The maximum atomic E-state index is 11.6. The second-order valence-corrected chi connectivity index (χ2v) is 4.19. The molecule has 104 valence electrons. The van der Waals surface area contributed by atoms with Gasteiger partial charge in [-0.2, -0.15) is 0 Å². The number of amides is 3. The van der Waals surface area contributed by atoms with Gasteiger partial charge < -0.3 is 15.4 Å². The molecule has 1 aromatic rings. The van der Waals surface area contributed by atoms with Gasteiger partial charge in [-0.3, -0.25) is 10.1 Å². The first-order chi connectivity index (χ1) is 8.97. The minimum atomic E-state index is -0.582. The van der Waals surface area contributed by atoms with Gasteiger partial charge in [-0.15, -0.1) is 0 Å². The molecule has 0 saturated carbocycles. The minimum Gasteiger partial charge on any atom is -0.495 e. The molecule has 1 unspecified atom stereocenters. The van der Waals surface area contributed by atoms with Crippen molar-refractivity contribution in [2.75, 3.05) is 19.5 Å². The summed E-state index contributed by atoms with van der Waals surface area (Å²) in [6, 6.07) is 3.93. The zero-order valence-corrected chi connectivity index (χ0v) is 11.7. The van der Waals surface area contributed by atoms with E-state index in [1.807, 2.05) is 0 Å². The van der Waals surface area contributed by atoms with Crippen molar-refractivity contribution in [1.29, 1.82) is 0 Å². The fourth-order valence-corrected chi connectivity index (χ4v) is 1.61. The summed E-state index contributed by atoms with van der Waals surface area (Å²) in [5.41, 5.74) is 0.658. The normalized spacial score (nSPS) is 11.4. The quantitative estimate of drug-likeness (QED) is 0.785. The molecule has 0 radical (unpaired) electrons. The predicted octanol–water partition coefficient (Wildman–Crippen LogP) is 1.60. The van der Waals surface area contributed by atoms with Crippen molar-refractivity contribution < 1.29 is 14.3 Å². The number of ether oxygens (including phenoxy) is 1. The third-order valence-electron chi connectivity index (χ3n) is 2.39. The van der Waals surface area contributed by atoms with Crippen LogP contribution in [0.15, 0.2) is 18.2 Å². The van der Waals surface area contributed by atoms with Gasteiger partial charge in [0.1, 0.15) is 11.8 Å². The molecule has 3 amide bonds. The van der Waals surface area contributed by atoms with Crippen LogP contribution in [0.25, 0.3) is 0 Å². The molecule has 0 aromatic heterocycles. The zero-order valence-electron chi connectivity index (χ0n) is 10.9. The van der Waals surface area contributed by atoms with E-state index in [-0.39, 0.29) is 0 Å². The standard InChI is InChI=1S/C12H16ClN3O3/c1-7(11(17)16-12(18)14-2)15-8-4-5-10(19-3)9(13)6-8/h4-7,15H,1-3H3,(H2,14,16,17,18). The van der Waals surface area contributed by atoms with Crippen LogP contribution in [-0.4, -0.2) is 32.1 Å². The molecule has 6 nitrogen and oxygen atoms in total. The number of carbonyl (C=O) groups is 2. The number of imide groups is 1. The van der Waals surface area contributed by atoms with Gasteiger partial charge in [0.2, 0.25) is 5.91 Å². The van der Waals surface area contributed by atoms with Crippen molar-refractivity contribution in [3.05, 3.63) is 23.2 Å². The molecule has 0 aliphatic carbocycles. The molecule has 0 aliphatic heterocycles. The summed E-state index contributed by atoms with van der Waals surface area (Å²) < 4.78 is 5.03. The van der Waals surface area contributed by atoms with E-state index in [2.05, 4.69) is 16.0 Å². The fraction of sp³-hybridized carbons (Fsp3) is 0.333. The highest BCUT2D eigenvalue weighted by Crippen LogP contribution is 2.27. The number of hydrogen-bond acceptors (Lipinski definition) is 4. The van der Waals surface area contributed by atoms with Crippen LogP contribution in [0, 0.1) is 0 Å². The molecular formula is C12H16ClN3O3. The largest absolute Gasteiger partial charge is 0.495 e. The first kappa shape index (κ1) is 15.1. The number of methoxy groups -OCH3 is 1. The number of carbonyl (C=O) groups excluding carboxylic acids is 2. The van der Waals surface area contributed by atoms with Crippen LogP contribution in [0.5, 0.6) is 5.75 Å². The van der Waals surface area contributed by atoms with Gasteiger partial charge in [-0.05, 0) is 25.1 Å². The van der Waals surface area contributed by atoms with Crippen molar-refractivity contribution in [3.63, 3.8) is 0 Å². The van der Waals surface area contributed by atoms with E-state index in [9.17, 15) is 9.59 Å². The summed E-state index contributed by atoms with van der Waals surface area (Å²) in [5, 5.41) is 7.85. The fourth-order valence-electron chi connectivity index (χ4n) is 1.35. The summed E-state index contributed by atoms with van der Waals surface area (Å²) in [6.45, 7) is 1.64. The topological polar surface area (TPSA) is 79.5 Å². The van der Waals surface area contributed by atoms with Crippen molar-refractivity contribution in [2.45, 2.75) is 13.0 Å². The van der Waals surface area contributed by atoms with Crippen LogP contribution in [0.3, 0.4) is 0 Å². The maximum absolute atomic E-state index is 11.6. The molecule has 3 N–H and O–H groups in total. The average molecular weight is 286 g/mol. The summed E-state index contributed by atoms with van der Waals surface area (Å²) in [4.78, 5) is 22.6. The third-order valence-corrected chi connectivity index (χ3v) is 2.69. The Hall–Kier alpha value is -1.95. The number of urea groups is 1. The number of rotatable bonds is 4.